The second-order valence-electron chi connectivity index (χ2n) is 4.03. The van der Waals surface area contributed by atoms with Gasteiger partial charge in [0.1, 0.15) is 5.82 Å². The molecule has 18 heavy (non-hydrogen) atoms. The summed E-state index contributed by atoms with van der Waals surface area (Å²) in [5, 5.41) is 3.26. The molecule has 0 saturated heterocycles. The zero-order valence-electron chi connectivity index (χ0n) is 10.0. The van der Waals surface area contributed by atoms with Crippen LogP contribution in [0, 0.1) is 9.39 Å². The van der Waals surface area contributed by atoms with Crippen molar-refractivity contribution in [1.29, 1.82) is 0 Å². The average molecular weight is 356 g/mol. The Morgan fingerprint density at radius 3 is 2.78 bits per heavy atom. The molecule has 2 nitrogen and oxygen atoms in total. The van der Waals surface area contributed by atoms with Crippen molar-refractivity contribution in [2.24, 2.45) is 0 Å². The number of halogens is 2. The largest absolute Gasteiger partial charge is 0.313 e. The summed E-state index contributed by atoms with van der Waals surface area (Å²) in [6.07, 6.45) is 2.58. The number of pyridine rings is 1. The third-order valence-electron chi connectivity index (χ3n) is 2.83. The fourth-order valence-corrected chi connectivity index (χ4v) is 2.73. The number of rotatable bonds is 4. The lowest BCUT2D eigenvalue weighted by atomic mass is 10.0. The number of aromatic nitrogens is 1. The molecule has 0 aliphatic carbocycles. The first-order valence-electron chi connectivity index (χ1n) is 5.73. The van der Waals surface area contributed by atoms with Crippen LogP contribution in [-0.2, 0) is 6.42 Å². The van der Waals surface area contributed by atoms with Crippen LogP contribution in [0.25, 0.3) is 0 Å². The van der Waals surface area contributed by atoms with E-state index in [-0.39, 0.29) is 11.9 Å². The van der Waals surface area contributed by atoms with E-state index >= 15 is 0 Å². The Morgan fingerprint density at radius 1 is 1.33 bits per heavy atom. The predicted octanol–water partition coefficient (Wildman–Crippen LogP) is 3.33. The second kappa shape index (κ2) is 6.24. The van der Waals surface area contributed by atoms with Gasteiger partial charge in [0.05, 0.1) is 0 Å². The molecule has 1 N–H and O–H groups in total. The van der Waals surface area contributed by atoms with Crippen LogP contribution >= 0.6 is 22.6 Å². The van der Waals surface area contributed by atoms with Gasteiger partial charge in [0.25, 0.3) is 0 Å². The van der Waals surface area contributed by atoms with Gasteiger partial charge in [-0.25, -0.2) is 4.39 Å². The van der Waals surface area contributed by atoms with Gasteiger partial charge in [0.2, 0.25) is 0 Å². The smallest absolute Gasteiger partial charge is 0.124 e. The maximum Gasteiger partial charge on any atom is 0.124 e. The zero-order valence-corrected chi connectivity index (χ0v) is 12.2. The second-order valence-corrected chi connectivity index (χ2v) is 5.19. The molecule has 0 amide bonds. The molecular formula is C14H14FIN2. The van der Waals surface area contributed by atoms with Crippen molar-refractivity contribution in [1.82, 2.24) is 10.3 Å². The van der Waals surface area contributed by atoms with E-state index in [1.165, 1.54) is 6.07 Å². The average Bonchev–Trinajstić information content (AvgIpc) is 2.38. The van der Waals surface area contributed by atoms with Gasteiger partial charge in [0.15, 0.2) is 0 Å². The summed E-state index contributed by atoms with van der Waals surface area (Å²) in [6, 6.07) is 10.9. The van der Waals surface area contributed by atoms with Crippen LogP contribution in [0.4, 0.5) is 4.39 Å². The summed E-state index contributed by atoms with van der Waals surface area (Å²) in [5.74, 6) is -0.198. The van der Waals surface area contributed by atoms with Crippen molar-refractivity contribution < 1.29 is 4.39 Å². The van der Waals surface area contributed by atoms with Crippen LogP contribution in [0.5, 0.6) is 0 Å². The number of hydrogen-bond acceptors (Lipinski definition) is 2. The Kier molecular flexibility index (Phi) is 4.66. The lowest BCUT2D eigenvalue weighted by Gasteiger charge is -2.17. The van der Waals surface area contributed by atoms with Gasteiger partial charge in [0, 0.05) is 27.9 Å². The SMILES string of the molecule is CNC(Cc1ccccn1)c1ccc(F)cc1I. The van der Waals surface area contributed by atoms with Gasteiger partial charge in [-0.15, -0.1) is 0 Å². The Morgan fingerprint density at radius 2 is 2.17 bits per heavy atom. The molecule has 94 valence electrons. The molecule has 1 aromatic heterocycles. The van der Waals surface area contributed by atoms with E-state index < -0.39 is 0 Å². The molecule has 0 aliphatic rings. The summed E-state index contributed by atoms with van der Waals surface area (Å²) >= 11 is 2.17. The summed E-state index contributed by atoms with van der Waals surface area (Å²) in [4.78, 5) is 4.32. The van der Waals surface area contributed by atoms with Crippen LogP contribution in [-0.4, -0.2) is 12.0 Å². The highest BCUT2D eigenvalue weighted by atomic mass is 127. The van der Waals surface area contributed by atoms with Crippen molar-refractivity contribution in [2.75, 3.05) is 7.05 Å². The highest BCUT2D eigenvalue weighted by Gasteiger charge is 2.14. The zero-order chi connectivity index (χ0) is 13.0. The Bertz CT molecular complexity index is 516. The minimum Gasteiger partial charge on any atom is -0.313 e. The van der Waals surface area contributed by atoms with Gasteiger partial charge in [-0.1, -0.05) is 12.1 Å². The molecule has 4 heteroatoms. The number of benzene rings is 1. The fourth-order valence-electron chi connectivity index (χ4n) is 1.88. The molecule has 0 saturated carbocycles. The molecule has 0 spiro atoms. The molecule has 2 rings (SSSR count). The van der Waals surface area contributed by atoms with Crippen LogP contribution in [0.3, 0.4) is 0 Å². The predicted molar refractivity (Wildman–Crippen MR) is 78.9 cm³/mol. The highest BCUT2D eigenvalue weighted by molar-refractivity contribution is 14.1. The maximum atomic E-state index is 13.1. The van der Waals surface area contributed by atoms with Crippen LogP contribution in [0.2, 0.25) is 0 Å². The maximum absolute atomic E-state index is 13.1. The van der Waals surface area contributed by atoms with E-state index in [2.05, 4.69) is 32.9 Å². The first kappa shape index (κ1) is 13.4. The molecule has 1 heterocycles. The Labute approximate surface area is 120 Å². The van der Waals surface area contributed by atoms with Crippen LogP contribution in [0.1, 0.15) is 17.3 Å². The molecule has 1 unspecified atom stereocenters. The molecule has 2 aromatic rings. The van der Waals surface area contributed by atoms with E-state index in [9.17, 15) is 4.39 Å². The number of nitrogens with one attached hydrogen (secondary N) is 1. The summed E-state index contributed by atoms with van der Waals surface area (Å²) < 4.78 is 14.0. The van der Waals surface area contributed by atoms with Crippen molar-refractivity contribution >= 4 is 22.6 Å². The summed E-state index contributed by atoms with van der Waals surface area (Å²) in [5.41, 5.74) is 2.13. The number of nitrogens with zero attached hydrogens (tertiary/aromatic N) is 1. The van der Waals surface area contributed by atoms with Gasteiger partial charge in [-0.3, -0.25) is 4.98 Å². The third kappa shape index (κ3) is 3.26. The molecule has 0 fully saturated rings. The van der Waals surface area contributed by atoms with Crippen molar-refractivity contribution in [3.05, 3.63) is 63.2 Å². The van der Waals surface area contributed by atoms with Crippen LogP contribution in [0.15, 0.2) is 42.6 Å². The molecule has 0 radical (unpaired) electrons. The first-order chi connectivity index (χ1) is 8.70. The van der Waals surface area contributed by atoms with E-state index in [1.807, 2.05) is 31.3 Å². The quantitative estimate of drug-likeness (QED) is 0.851. The monoisotopic (exact) mass is 356 g/mol. The van der Waals surface area contributed by atoms with E-state index in [0.29, 0.717) is 0 Å². The lowest BCUT2D eigenvalue weighted by Crippen LogP contribution is -2.20. The first-order valence-corrected chi connectivity index (χ1v) is 6.80. The normalized spacial score (nSPS) is 12.4. The number of hydrogen-bond donors (Lipinski definition) is 1. The Hall–Kier alpha value is -1.01. The van der Waals surface area contributed by atoms with E-state index in [4.69, 9.17) is 0 Å². The molecule has 1 atom stereocenters. The van der Waals surface area contributed by atoms with Crippen molar-refractivity contribution in [3.8, 4) is 0 Å². The van der Waals surface area contributed by atoms with Gasteiger partial charge < -0.3 is 5.32 Å². The van der Waals surface area contributed by atoms with Gasteiger partial charge >= 0.3 is 0 Å². The molecule has 1 aromatic carbocycles. The minimum absolute atomic E-state index is 0.146. The third-order valence-corrected chi connectivity index (χ3v) is 3.76. The Balaban J connectivity index is 2.23. The van der Waals surface area contributed by atoms with Crippen molar-refractivity contribution in [3.63, 3.8) is 0 Å². The molecule has 0 bridgehead atoms. The molecular weight excluding hydrogens is 342 g/mol. The van der Waals surface area contributed by atoms with Gasteiger partial charge in [-0.05, 0) is 59.5 Å². The van der Waals surface area contributed by atoms with E-state index in [1.54, 1.807) is 12.3 Å². The lowest BCUT2D eigenvalue weighted by molar-refractivity contribution is 0.576. The topological polar surface area (TPSA) is 24.9 Å². The van der Waals surface area contributed by atoms with E-state index in [0.717, 1.165) is 21.2 Å². The number of likely N-dealkylation sites (N-methyl/N-ethyl adjacent to an activating group) is 1. The summed E-state index contributed by atoms with van der Waals surface area (Å²) in [7, 11) is 1.91. The summed E-state index contributed by atoms with van der Waals surface area (Å²) in [6.45, 7) is 0. The highest BCUT2D eigenvalue weighted by Crippen LogP contribution is 2.23. The van der Waals surface area contributed by atoms with Crippen molar-refractivity contribution in [2.45, 2.75) is 12.5 Å². The van der Waals surface area contributed by atoms with Gasteiger partial charge in [-0.2, -0.15) is 0 Å². The van der Waals surface area contributed by atoms with Crippen LogP contribution < -0.4 is 5.32 Å². The fraction of sp³-hybridized carbons (Fsp3) is 0.214. The standard InChI is InChI=1S/C14H14FIN2/c1-17-14(9-11-4-2-3-7-18-11)12-6-5-10(15)8-13(12)16/h2-8,14,17H,9H2,1H3. The molecule has 0 aliphatic heterocycles. The minimum atomic E-state index is -0.198.